The molecule has 1 amide bonds. The lowest BCUT2D eigenvalue weighted by molar-refractivity contribution is 0.102. The molecule has 0 aliphatic heterocycles. The van der Waals surface area contributed by atoms with Gasteiger partial charge in [0.05, 0.1) is 26.1 Å². The molecule has 2 heterocycles. The summed E-state index contributed by atoms with van der Waals surface area (Å²) < 4.78 is 12.2. The van der Waals surface area contributed by atoms with Gasteiger partial charge < -0.3 is 19.4 Å². The molecule has 0 radical (unpaired) electrons. The number of ether oxygens (including phenoxy) is 2. The number of hydrogen-bond donors (Lipinski definition) is 1. The van der Waals surface area contributed by atoms with E-state index in [-0.39, 0.29) is 5.91 Å². The molecule has 0 aliphatic carbocycles. The number of carbonyl (C=O) groups excluding carboxylic acids is 1. The van der Waals surface area contributed by atoms with Crippen molar-refractivity contribution in [2.45, 2.75) is 0 Å². The molecule has 3 aromatic rings. The first kappa shape index (κ1) is 15.6. The number of carbonyl (C=O) groups is 1. The zero-order valence-electron chi connectivity index (χ0n) is 13.4. The molecule has 2 aromatic heterocycles. The molecular formula is C18H17N3O3. The first-order valence-corrected chi connectivity index (χ1v) is 7.34. The van der Waals surface area contributed by atoms with E-state index in [4.69, 9.17) is 9.47 Å². The average molecular weight is 323 g/mol. The Morgan fingerprint density at radius 3 is 2.62 bits per heavy atom. The van der Waals surface area contributed by atoms with E-state index >= 15 is 0 Å². The van der Waals surface area contributed by atoms with Crippen LogP contribution >= 0.6 is 0 Å². The van der Waals surface area contributed by atoms with Crippen molar-refractivity contribution < 1.29 is 14.3 Å². The second-order valence-electron chi connectivity index (χ2n) is 5.00. The maximum atomic E-state index is 12.6. The van der Waals surface area contributed by atoms with Crippen molar-refractivity contribution in [3.63, 3.8) is 0 Å². The van der Waals surface area contributed by atoms with Gasteiger partial charge in [-0.1, -0.05) is 0 Å². The summed E-state index contributed by atoms with van der Waals surface area (Å²) in [5, 5.41) is 2.86. The van der Waals surface area contributed by atoms with Gasteiger partial charge in [0, 0.05) is 24.1 Å². The van der Waals surface area contributed by atoms with Crippen molar-refractivity contribution in [3.05, 3.63) is 66.7 Å². The number of methoxy groups -OCH3 is 2. The molecule has 0 atom stereocenters. The Morgan fingerprint density at radius 1 is 1.08 bits per heavy atom. The average Bonchev–Trinajstić information content (AvgIpc) is 3.12. The summed E-state index contributed by atoms with van der Waals surface area (Å²) in [4.78, 5) is 16.7. The third kappa shape index (κ3) is 3.08. The molecule has 3 rings (SSSR count). The molecule has 0 saturated carbocycles. The highest BCUT2D eigenvalue weighted by atomic mass is 16.5. The highest BCUT2D eigenvalue weighted by Gasteiger charge is 2.13. The van der Waals surface area contributed by atoms with Crippen LogP contribution in [0.5, 0.6) is 11.5 Å². The number of aromatic nitrogens is 2. The quantitative estimate of drug-likeness (QED) is 0.783. The van der Waals surface area contributed by atoms with E-state index in [1.54, 1.807) is 55.4 Å². The predicted octanol–water partition coefficient (Wildman–Crippen LogP) is 3.14. The van der Waals surface area contributed by atoms with E-state index in [0.717, 1.165) is 5.69 Å². The van der Waals surface area contributed by atoms with E-state index in [9.17, 15) is 4.79 Å². The number of nitrogens with zero attached hydrogens (tertiary/aromatic N) is 2. The van der Waals surface area contributed by atoms with Gasteiger partial charge in [-0.05, 0) is 36.4 Å². The van der Waals surface area contributed by atoms with Crippen LogP contribution in [0.25, 0.3) is 5.69 Å². The zero-order valence-corrected chi connectivity index (χ0v) is 13.4. The number of benzene rings is 1. The van der Waals surface area contributed by atoms with E-state index in [0.29, 0.717) is 22.9 Å². The van der Waals surface area contributed by atoms with E-state index < -0.39 is 0 Å². The van der Waals surface area contributed by atoms with Gasteiger partial charge in [-0.2, -0.15) is 0 Å². The number of rotatable bonds is 5. The van der Waals surface area contributed by atoms with Gasteiger partial charge in [-0.3, -0.25) is 9.78 Å². The Balaban J connectivity index is 1.85. The van der Waals surface area contributed by atoms with Crippen molar-refractivity contribution in [2.75, 3.05) is 19.5 Å². The van der Waals surface area contributed by atoms with Crippen LogP contribution < -0.4 is 14.8 Å². The first-order chi connectivity index (χ1) is 11.7. The third-order valence-electron chi connectivity index (χ3n) is 3.55. The maximum Gasteiger partial charge on any atom is 0.272 e. The van der Waals surface area contributed by atoms with Gasteiger partial charge in [0.15, 0.2) is 11.5 Å². The molecule has 0 unspecified atom stereocenters. The number of nitrogens with one attached hydrogen (secondary N) is 1. The van der Waals surface area contributed by atoms with Crippen molar-refractivity contribution >= 4 is 11.6 Å². The van der Waals surface area contributed by atoms with E-state index in [2.05, 4.69) is 10.3 Å². The fraction of sp³-hybridized carbons (Fsp3) is 0.111. The van der Waals surface area contributed by atoms with Gasteiger partial charge in [0.2, 0.25) is 0 Å². The van der Waals surface area contributed by atoms with Crippen LogP contribution in [0.15, 0.2) is 61.1 Å². The third-order valence-corrected chi connectivity index (χ3v) is 3.55. The molecule has 1 N–H and O–H groups in total. The normalized spacial score (nSPS) is 10.2. The fourth-order valence-corrected chi connectivity index (χ4v) is 2.40. The Hall–Kier alpha value is -3.28. The fourth-order valence-electron chi connectivity index (χ4n) is 2.40. The molecule has 122 valence electrons. The molecule has 6 nitrogen and oxygen atoms in total. The minimum absolute atomic E-state index is 0.226. The summed E-state index contributed by atoms with van der Waals surface area (Å²) in [5.41, 5.74) is 1.95. The Bertz CT molecular complexity index is 844. The van der Waals surface area contributed by atoms with Crippen molar-refractivity contribution in [1.82, 2.24) is 9.55 Å². The van der Waals surface area contributed by atoms with Gasteiger partial charge in [-0.25, -0.2) is 0 Å². The second kappa shape index (κ2) is 6.87. The SMILES string of the molecule is COc1ccc(NC(=O)c2cccn2-c2cccnc2)cc1OC. The lowest BCUT2D eigenvalue weighted by Gasteiger charge is -2.12. The van der Waals surface area contributed by atoms with Crippen molar-refractivity contribution in [1.29, 1.82) is 0 Å². The summed E-state index contributed by atoms with van der Waals surface area (Å²) in [5.74, 6) is 0.934. The predicted molar refractivity (Wildman–Crippen MR) is 91.1 cm³/mol. The second-order valence-corrected chi connectivity index (χ2v) is 5.00. The monoisotopic (exact) mass is 323 g/mol. The topological polar surface area (TPSA) is 65.4 Å². The van der Waals surface area contributed by atoms with Crippen LogP contribution in [0.3, 0.4) is 0 Å². The summed E-state index contributed by atoms with van der Waals surface area (Å²) in [6.45, 7) is 0. The standard InChI is InChI=1S/C18H17N3O3/c1-23-16-8-7-13(11-17(16)24-2)20-18(22)15-6-4-10-21(15)14-5-3-9-19-12-14/h3-12H,1-2H3,(H,20,22). The molecular weight excluding hydrogens is 306 g/mol. The van der Waals surface area contributed by atoms with Gasteiger partial charge >= 0.3 is 0 Å². The summed E-state index contributed by atoms with van der Waals surface area (Å²) in [6, 6.07) is 12.5. The molecule has 0 spiro atoms. The number of amides is 1. The molecule has 0 bridgehead atoms. The van der Waals surface area contributed by atoms with Crippen LogP contribution in [0.1, 0.15) is 10.5 Å². The highest BCUT2D eigenvalue weighted by molar-refractivity contribution is 6.03. The number of hydrogen-bond acceptors (Lipinski definition) is 4. The smallest absolute Gasteiger partial charge is 0.272 e. The summed E-state index contributed by atoms with van der Waals surface area (Å²) in [6.07, 6.45) is 5.21. The molecule has 0 saturated heterocycles. The van der Waals surface area contributed by atoms with Crippen molar-refractivity contribution in [3.8, 4) is 17.2 Å². The summed E-state index contributed by atoms with van der Waals surface area (Å²) in [7, 11) is 3.12. The van der Waals surface area contributed by atoms with Gasteiger partial charge in [0.25, 0.3) is 5.91 Å². The molecule has 6 heteroatoms. The van der Waals surface area contributed by atoms with Gasteiger partial charge in [-0.15, -0.1) is 0 Å². The molecule has 1 aromatic carbocycles. The lowest BCUT2D eigenvalue weighted by atomic mass is 10.2. The maximum absolute atomic E-state index is 12.6. The van der Waals surface area contributed by atoms with Crippen LogP contribution in [0, 0.1) is 0 Å². The van der Waals surface area contributed by atoms with E-state index in [1.807, 2.05) is 24.4 Å². The minimum atomic E-state index is -0.226. The number of anilines is 1. The summed E-state index contributed by atoms with van der Waals surface area (Å²) >= 11 is 0. The van der Waals surface area contributed by atoms with Crippen LogP contribution in [-0.4, -0.2) is 29.7 Å². The Kier molecular flexibility index (Phi) is 4.47. The molecule has 24 heavy (non-hydrogen) atoms. The Labute approximate surface area is 139 Å². The van der Waals surface area contributed by atoms with E-state index in [1.165, 1.54) is 0 Å². The van der Waals surface area contributed by atoms with Crippen LogP contribution in [-0.2, 0) is 0 Å². The zero-order chi connectivity index (χ0) is 16.9. The largest absolute Gasteiger partial charge is 0.493 e. The first-order valence-electron chi connectivity index (χ1n) is 7.34. The van der Waals surface area contributed by atoms with Crippen LogP contribution in [0.2, 0.25) is 0 Å². The highest BCUT2D eigenvalue weighted by Crippen LogP contribution is 2.30. The number of pyridine rings is 1. The van der Waals surface area contributed by atoms with Crippen molar-refractivity contribution in [2.24, 2.45) is 0 Å². The Morgan fingerprint density at radius 2 is 1.92 bits per heavy atom. The van der Waals surface area contributed by atoms with Gasteiger partial charge in [0.1, 0.15) is 5.69 Å². The molecule has 0 aliphatic rings. The lowest BCUT2D eigenvalue weighted by Crippen LogP contribution is -2.16. The van der Waals surface area contributed by atoms with Crippen LogP contribution in [0.4, 0.5) is 5.69 Å². The molecule has 0 fully saturated rings. The minimum Gasteiger partial charge on any atom is -0.493 e.